The molecule has 2 aliphatic heterocycles. The maximum absolute atomic E-state index is 14.4. The van der Waals surface area contributed by atoms with Crippen molar-refractivity contribution in [1.29, 1.82) is 0 Å². The van der Waals surface area contributed by atoms with Gasteiger partial charge in [0.05, 0.1) is 23.0 Å². The van der Waals surface area contributed by atoms with Crippen molar-refractivity contribution in [2.24, 2.45) is 11.8 Å². The van der Waals surface area contributed by atoms with E-state index >= 15 is 0 Å². The molecule has 0 radical (unpaired) electrons. The van der Waals surface area contributed by atoms with E-state index in [4.69, 9.17) is 0 Å². The molecule has 0 spiro atoms. The van der Waals surface area contributed by atoms with Crippen molar-refractivity contribution in [3.05, 3.63) is 59.3 Å². The number of halogens is 1. The number of aromatic nitrogens is 2. The number of fused-ring (bicyclic) bond motifs is 1. The van der Waals surface area contributed by atoms with Crippen LogP contribution in [0.4, 0.5) is 4.39 Å². The predicted molar refractivity (Wildman–Crippen MR) is 147 cm³/mol. The van der Waals surface area contributed by atoms with Crippen LogP contribution >= 0.6 is 0 Å². The zero-order valence-corrected chi connectivity index (χ0v) is 22.8. The molecule has 1 amide bonds. The van der Waals surface area contributed by atoms with E-state index in [1.807, 2.05) is 30.8 Å². The zero-order chi connectivity index (χ0) is 26.3. The third kappa shape index (κ3) is 5.04. The number of nitrogens with zero attached hydrogens (tertiary/aromatic N) is 4. The molecule has 2 aliphatic rings. The summed E-state index contributed by atoms with van der Waals surface area (Å²) < 4.78 is 16.4. The number of likely N-dealkylation sites (tertiary alicyclic amines) is 1. The number of rotatable bonds is 6. The number of benzene rings is 1. The van der Waals surface area contributed by atoms with E-state index in [1.54, 1.807) is 18.0 Å². The van der Waals surface area contributed by atoms with Crippen LogP contribution in [0.5, 0.6) is 0 Å². The number of nitrogens with one attached hydrogen (secondary N) is 1. The van der Waals surface area contributed by atoms with Crippen LogP contribution in [0, 0.1) is 24.6 Å². The average molecular weight is 506 g/mol. The zero-order valence-electron chi connectivity index (χ0n) is 22.8. The summed E-state index contributed by atoms with van der Waals surface area (Å²) in [5.74, 6) is 0.721. The van der Waals surface area contributed by atoms with E-state index in [9.17, 15) is 9.18 Å². The van der Waals surface area contributed by atoms with E-state index in [0.717, 1.165) is 49.6 Å². The van der Waals surface area contributed by atoms with Crippen LogP contribution in [0.1, 0.15) is 55.1 Å². The monoisotopic (exact) mass is 505 g/mol. The van der Waals surface area contributed by atoms with Gasteiger partial charge in [-0.2, -0.15) is 0 Å². The van der Waals surface area contributed by atoms with E-state index in [-0.39, 0.29) is 11.9 Å². The predicted octanol–water partition coefficient (Wildman–Crippen LogP) is 4.82. The second-order valence-electron chi connectivity index (χ2n) is 11.4. The molecule has 0 saturated carbocycles. The quantitative estimate of drug-likeness (QED) is 0.522. The molecule has 1 N–H and O–H groups in total. The molecule has 6 nitrogen and oxygen atoms in total. The fourth-order valence-electron chi connectivity index (χ4n) is 6.21. The van der Waals surface area contributed by atoms with E-state index in [0.29, 0.717) is 23.2 Å². The van der Waals surface area contributed by atoms with Gasteiger partial charge in [0.1, 0.15) is 5.82 Å². The Morgan fingerprint density at radius 2 is 2.08 bits per heavy atom. The summed E-state index contributed by atoms with van der Waals surface area (Å²) in [6.07, 6.45) is 9.36. The summed E-state index contributed by atoms with van der Waals surface area (Å²) in [6.45, 7) is 12.9. The maximum atomic E-state index is 14.4. The van der Waals surface area contributed by atoms with Crippen LogP contribution in [-0.2, 0) is 6.42 Å². The smallest absolute Gasteiger partial charge is 0.256 e. The molecule has 37 heavy (non-hydrogen) atoms. The van der Waals surface area contributed by atoms with Crippen LogP contribution in [0.25, 0.3) is 16.6 Å². The second kappa shape index (κ2) is 10.5. The number of carbonyl (C=O) groups is 1. The molecule has 2 unspecified atom stereocenters. The minimum absolute atomic E-state index is 0.0110. The molecule has 3 aromatic rings. The highest BCUT2D eigenvalue weighted by molar-refractivity contribution is 5.99. The first-order valence-electron chi connectivity index (χ1n) is 13.7. The van der Waals surface area contributed by atoms with Gasteiger partial charge < -0.3 is 14.8 Å². The standard InChI is InChI=1S/C30H40FN5O/c1-19(2)34(5)30(37)25-13-24(31)6-7-26(25)36-18-23(29-21(4)14-33-16-28(29)36)12-22-9-11-35(17-22)27-15-32-10-8-20(27)3/h6-7,13-14,16,18-20,22,27,32H,8-12,15,17H2,1-5H3/t20?,22-,27?/m0/s1. The minimum Gasteiger partial charge on any atom is -0.339 e. The third-order valence-corrected chi connectivity index (χ3v) is 8.61. The minimum atomic E-state index is -0.410. The molecule has 0 aliphatic carbocycles. The van der Waals surface area contributed by atoms with Crippen molar-refractivity contribution < 1.29 is 9.18 Å². The van der Waals surface area contributed by atoms with Gasteiger partial charge in [0, 0.05) is 50.0 Å². The summed E-state index contributed by atoms with van der Waals surface area (Å²) in [6, 6.07) is 5.15. The molecule has 5 rings (SSSR count). The second-order valence-corrected chi connectivity index (χ2v) is 11.4. The SMILES string of the molecule is Cc1cncc2c1c(C[C@@H]1CCN(C3CNCCC3C)C1)cn2-c1ccc(F)cc1C(=O)N(C)C(C)C. The highest BCUT2D eigenvalue weighted by Crippen LogP contribution is 2.33. The lowest BCUT2D eigenvalue weighted by atomic mass is 9.93. The molecule has 2 aromatic heterocycles. The molecule has 1 aromatic carbocycles. The number of aryl methyl sites for hydroxylation is 1. The molecule has 4 heterocycles. The Balaban J connectivity index is 1.49. The molecule has 7 heteroatoms. The first-order valence-corrected chi connectivity index (χ1v) is 13.7. The van der Waals surface area contributed by atoms with Gasteiger partial charge in [0.25, 0.3) is 5.91 Å². The number of hydrogen-bond acceptors (Lipinski definition) is 4. The van der Waals surface area contributed by atoms with Crippen LogP contribution < -0.4 is 5.32 Å². The summed E-state index contributed by atoms with van der Waals surface area (Å²) in [7, 11) is 1.77. The van der Waals surface area contributed by atoms with Gasteiger partial charge in [0.2, 0.25) is 0 Å². The van der Waals surface area contributed by atoms with Gasteiger partial charge in [0.15, 0.2) is 0 Å². The molecule has 2 fully saturated rings. The lowest BCUT2D eigenvalue weighted by Gasteiger charge is -2.36. The Bertz CT molecular complexity index is 1280. The molecular weight excluding hydrogens is 465 g/mol. The van der Waals surface area contributed by atoms with Crippen molar-refractivity contribution in [2.45, 2.75) is 59.0 Å². The normalized spacial score (nSPS) is 22.7. The first kappa shape index (κ1) is 25.9. The van der Waals surface area contributed by atoms with Crippen LogP contribution in [0.15, 0.2) is 36.8 Å². The maximum Gasteiger partial charge on any atom is 0.256 e. The summed E-state index contributed by atoms with van der Waals surface area (Å²) in [4.78, 5) is 22.2. The summed E-state index contributed by atoms with van der Waals surface area (Å²) in [5.41, 5.74) is 4.42. The van der Waals surface area contributed by atoms with Crippen molar-refractivity contribution in [1.82, 2.24) is 24.7 Å². The fourth-order valence-corrected chi connectivity index (χ4v) is 6.21. The Morgan fingerprint density at radius 3 is 2.84 bits per heavy atom. The number of carbonyl (C=O) groups excluding carboxylic acids is 1. The average Bonchev–Trinajstić information content (AvgIpc) is 3.49. The Morgan fingerprint density at radius 1 is 1.27 bits per heavy atom. The van der Waals surface area contributed by atoms with Gasteiger partial charge in [-0.3, -0.25) is 14.7 Å². The van der Waals surface area contributed by atoms with E-state index in [1.165, 1.54) is 35.9 Å². The Kier molecular flexibility index (Phi) is 7.37. The van der Waals surface area contributed by atoms with Gasteiger partial charge in [-0.25, -0.2) is 4.39 Å². The van der Waals surface area contributed by atoms with Crippen LogP contribution in [-0.4, -0.2) is 70.6 Å². The largest absolute Gasteiger partial charge is 0.339 e. The summed E-state index contributed by atoms with van der Waals surface area (Å²) >= 11 is 0. The highest BCUT2D eigenvalue weighted by Gasteiger charge is 2.33. The lowest BCUT2D eigenvalue weighted by molar-refractivity contribution is 0.0754. The van der Waals surface area contributed by atoms with Crippen LogP contribution in [0.3, 0.4) is 0 Å². The molecule has 198 valence electrons. The van der Waals surface area contributed by atoms with Gasteiger partial charge in [-0.15, -0.1) is 0 Å². The number of piperidine rings is 1. The Labute approximate surface area is 219 Å². The first-order chi connectivity index (χ1) is 17.7. The molecular formula is C30H40FN5O. The molecule has 0 bridgehead atoms. The molecule has 3 atom stereocenters. The Hall–Kier alpha value is -2.77. The lowest BCUT2D eigenvalue weighted by Crippen LogP contribution is -2.49. The van der Waals surface area contributed by atoms with Crippen molar-refractivity contribution >= 4 is 16.8 Å². The van der Waals surface area contributed by atoms with Crippen molar-refractivity contribution in [3.8, 4) is 5.69 Å². The number of amides is 1. The van der Waals surface area contributed by atoms with Crippen LogP contribution in [0.2, 0.25) is 0 Å². The molecule has 2 saturated heterocycles. The summed E-state index contributed by atoms with van der Waals surface area (Å²) in [5, 5.41) is 4.78. The van der Waals surface area contributed by atoms with E-state index < -0.39 is 5.82 Å². The van der Waals surface area contributed by atoms with Gasteiger partial charge in [-0.05, 0) is 94.3 Å². The number of pyridine rings is 1. The number of hydrogen-bond donors (Lipinski definition) is 1. The van der Waals surface area contributed by atoms with Crippen molar-refractivity contribution in [2.75, 3.05) is 33.2 Å². The van der Waals surface area contributed by atoms with Gasteiger partial charge >= 0.3 is 0 Å². The topological polar surface area (TPSA) is 53.4 Å². The third-order valence-electron chi connectivity index (χ3n) is 8.61. The van der Waals surface area contributed by atoms with Gasteiger partial charge in [-0.1, -0.05) is 6.92 Å². The van der Waals surface area contributed by atoms with E-state index in [2.05, 4.69) is 35.2 Å². The highest BCUT2D eigenvalue weighted by atomic mass is 19.1. The van der Waals surface area contributed by atoms with Crippen molar-refractivity contribution in [3.63, 3.8) is 0 Å². The fraction of sp³-hybridized carbons (Fsp3) is 0.533.